The van der Waals surface area contributed by atoms with Crippen LogP contribution in [0, 0.1) is 13.8 Å². The maximum atomic E-state index is 11.6. The highest BCUT2D eigenvalue weighted by atomic mass is 16.3. The van der Waals surface area contributed by atoms with E-state index in [0.29, 0.717) is 17.1 Å². The van der Waals surface area contributed by atoms with Crippen molar-refractivity contribution in [1.82, 2.24) is 5.32 Å². The number of carbonyl (C=O) groups is 1. The van der Waals surface area contributed by atoms with E-state index >= 15 is 0 Å². The zero-order chi connectivity index (χ0) is 10.7. The van der Waals surface area contributed by atoms with Crippen LogP contribution < -0.4 is 5.32 Å². The lowest BCUT2D eigenvalue weighted by Crippen LogP contribution is -2.35. The molecule has 1 heterocycles. The molecule has 1 rings (SSSR count). The summed E-state index contributed by atoms with van der Waals surface area (Å²) >= 11 is 0. The van der Waals surface area contributed by atoms with Gasteiger partial charge in [0.1, 0.15) is 11.5 Å². The van der Waals surface area contributed by atoms with E-state index in [-0.39, 0.29) is 18.6 Å². The molecule has 14 heavy (non-hydrogen) atoms. The molecule has 0 aliphatic carbocycles. The topological polar surface area (TPSA) is 62.5 Å². The molecule has 0 saturated heterocycles. The number of rotatable bonds is 3. The fourth-order valence-electron chi connectivity index (χ4n) is 1.20. The smallest absolute Gasteiger partial charge is 0.255 e. The molecule has 4 heteroatoms. The van der Waals surface area contributed by atoms with Crippen LogP contribution in [0.25, 0.3) is 0 Å². The third-order valence-corrected chi connectivity index (χ3v) is 1.94. The Balaban J connectivity index is 2.74. The van der Waals surface area contributed by atoms with Crippen molar-refractivity contribution in [3.8, 4) is 0 Å². The molecule has 1 amide bonds. The van der Waals surface area contributed by atoms with E-state index in [9.17, 15) is 4.79 Å². The average Bonchev–Trinajstić information content (AvgIpc) is 2.45. The summed E-state index contributed by atoms with van der Waals surface area (Å²) in [6.07, 6.45) is 0. The molecule has 0 bridgehead atoms. The summed E-state index contributed by atoms with van der Waals surface area (Å²) in [7, 11) is 0. The molecule has 0 aliphatic heterocycles. The van der Waals surface area contributed by atoms with Gasteiger partial charge in [0, 0.05) is 6.04 Å². The van der Waals surface area contributed by atoms with E-state index in [0.717, 1.165) is 0 Å². The predicted molar refractivity (Wildman–Crippen MR) is 52.2 cm³/mol. The molecule has 0 spiro atoms. The van der Waals surface area contributed by atoms with Crippen LogP contribution in [0.15, 0.2) is 10.5 Å². The fourth-order valence-corrected chi connectivity index (χ4v) is 1.20. The van der Waals surface area contributed by atoms with Crippen LogP contribution in [0.2, 0.25) is 0 Å². The van der Waals surface area contributed by atoms with Gasteiger partial charge in [-0.05, 0) is 26.8 Å². The third-order valence-electron chi connectivity index (χ3n) is 1.94. The largest absolute Gasteiger partial charge is 0.466 e. The zero-order valence-electron chi connectivity index (χ0n) is 8.63. The number of aliphatic hydroxyl groups is 1. The van der Waals surface area contributed by atoms with Gasteiger partial charge in [0.15, 0.2) is 0 Å². The lowest BCUT2D eigenvalue weighted by Gasteiger charge is -2.09. The SMILES string of the molecule is Cc1cc(C(=O)N[C@H](C)CO)c(C)o1. The Kier molecular flexibility index (Phi) is 3.30. The monoisotopic (exact) mass is 197 g/mol. The third kappa shape index (κ3) is 2.35. The molecule has 0 saturated carbocycles. The Hall–Kier alpha value is -1.29. The van der Waals surface area contributed by atoms with Crippen LogP contribution in [0.1, 0.15) is 28.8 Å². The Morgan fingerprint density at radius 2 is 2.29 bits per heavy atom. The van der Waals surface area contributed by atoms with Gasteiger partial charge in [0.05, 0.1) is 12.2 Å². The van der Waals surface area contributed by atoms with Crippen molar-refractivity contribution in [2.75, 3.05) is 6.61 Å². The summed E-state index contributed by atoms with van der Waals surface area (Å²) < 4.78 is 5.23. The van der Waals surface area contributed by atoms with E-state index in [1.807, 2.05) is 0 Å². The van der Waals surface area contributed by atoms with E-state index < -0.39 is 0 Å². The molecule has 0 fully saturated rings. The first kappa shape index (κ1) is 10.8. The zero-order valence-corrected chi connectivity index (χ0v) is 8.63. The Morgan fingerprint density at radius 1 is 1.64 bits per heavy atom. The van der Waals surface area contributed by atoms with Gasteiger partial charge in [-0.25, -0.2) is 0 Å². The number of hydrogen-bond donors (Lipinski definition) is 2. The first-order chi connectivity index (χ1) is 6.54. The van der Waals surface area contributed by atoms with Gasteiger partial charge in [0.2, 0.25) is 0 Å². The van der Waals surface area contributed by atoms with Crippen LogP contribution in [-0.4, -0.2) is 23.7 Å². The highest BCUT2D eigenvalue weighted by Gasteiger charge is 2.14. The van der Waals surface area contributed by atoms with Gasteiger partial charge in [-0.2, -0.15) is 0 Å². The number of carbonyl (C=O) groups excluding carboxylic acids is 1. The molecule has 1 aromatic rings. The Bertz CT molecular complexity index is 330. The number of furan rings is 1. The highest BCUT2D eigenvalue weighted by molar-refractivity contribution is 5.95. The predicted octanol–water partition coefficient (Wildman–Crippen LogP) is 1.01. The quantitative estimate of drug-likeness (QED) is 0.760. The summed E-state index contributed by atoms with van der Waals surface area (Å²) in [5, 5.41) is 11.4. The second-order valence-electron chi connectivity index (χ2n) is 3.38. The van der Waals surface area contributed by atoms with E-state index in [4.69, 9.17) is 9.52 Å². The molecular weight excluding hydrogens is 182 g/mol. The van der Waals surface area contributed by atoms with Gasteiger partial charge in [0.25, 0.3) is 5.91 Å². The number of aryl methyl sites for hydroxylation is 2. The summed E-state index contributed by atoms with van der Waals surface area (Å²) in [6.45, 7) is 5.20. The van der Waals surface area contributed by atoms with E-state index in [1.54, 1.807) is 26.8 Å². The van der Waals surface area contributed by atoms with E-state index in [1.165, 1.54) is 0 Å². The lowest BCUT2D eigenvalue weighted by atomic mass is 10.2. The van der Waals surface area contributed by atoms with Crippen LogP contribution in [0.4, 0.5) is 0 Å². The first-order valence-corrected chi connectivity index (χ1v) is 4.53. The molecule has 1 aromatic heterocycles. The van der Waals surface area contributed by atoms with Crippen molar-refractivity contribution >= 4 is 5.91 Å². The minimum Gasteiger partial charge on any atom is -0.466 e. The van der Waals surface area contributed by atoms with Crippen molar-refractivity contribution < 1.29 is 14.3 Å². The molecule has 2 N–H and O–H groups in total. The Morgan fingerprint density at radius 3 is 2.71 bits per heavy atom. The van der Waals surface area contributed by atoms with Crippen LogP contribution in [0.3, 0.4) is 0 Å². The maximum absolute atomic E-state index is 11.6. The molecule has 78 valence electrons. The van der Waals surface area contributed by atoms with E-state index in [2.05, 4.69) is 5.32 Å². The van der Waals surface area contributed by atoms with Gasteiger partial charge in [-0.3, -0.25) is 4.79 Å². The number of amides is 1. The van der Waals surface area contributed by atoms with Gasteiger partial charge in [-0.15, -0.1) is 0 Å². The van der Waals surface area contributed by atoms with Crippen molar-refractivity contribution in [3.63, 3.8) is 0 Å². The van der Waals surface area contributed by atoms with Crippen molar-refractivity contribution in [2.24, 2.45) is 0 Å². The number of aliphatic hydroxyl groups excluding tert-OH is 1. The summed E-state index contributed by atoms with van der Waals surface area (Å²) in [6, 6.07) is 1.45. The standard InChI is InChI=1S/C10H15NO3/c1-6(5-12)11-10(13)9-4-7(2)14-8(9)3/h4,6,12H,5H2,1-3H3,(H,11,13)/t6-/m1/s1. The molecule has 0 aromatic carbocycles. The second-order valence-corrected chi connectivity index (χ2v) is 3.38. The maximum Gasteiger partial charge on any atom is 0.255 e. The molecule has 4 nitrogen and oxygen atoms in total. The Labute approximate surface area is 82.9 Å². The lowest BCUT2D eigenvalue weighted by molar-refractivity contribution is 0.0921. The normalized spacial score (nSPS) is 12.6. The minimum atomic E-state index is -0.239. The number of nitrogens with one attached hydrogen (secondary N) is 1. The second kappa shape index (κ2) is 4.28. The van der Waals surface area contributed by atoms with Gasteiger partial charge in [-0.1, -0.05) is 0 Å². The molecule has 0 aliphatic rings. The fraction of sp³-hybridized carbons (Fsp3) is 0.500. The van der Waals surface area contributed by atoms with Crippen LogP contribution in [0.5, 0.6) is 0 Å². The van der Waals surface area contributed by atoms with Crippen LogP contribution >= 0.6 is 0 Å². The van der Waals surface area contributed by atoms with Gasteiger partial charge < -0.3 is 14.8 Å². The minimum absolute atomic E-state index is 0.0678. The summed E-state index contributed by atoms with van der Waals surface area (Å²) in [5.41, 5.74) is 0.530. The van der Waals surface area contributed by atoms with Crippen molar-refractivity contribution in [1.29, 1.82) is 0 Å². The number of hydrogen-bond acceptors (Lipinski definition) is 3. The molecular formula is C10H15NO3. The molecule has 1 atom stereocenters. The average molecular weight is 197 g/mol. The van der Waals surface area contributed by atoms with Crippen LogP contribution in [-0.2, 0) is 0 Å². The molecule has 0 unspecified atom stereocenters. The highest BCUT2D eigenvalue weighted by Crippen LogP contribution is 2.13. The summed E-state index contributed by atoms with van der Waals surface area (Å²) in [5.74, 6) is 1.11. The molecule has 0 radical (unpaired) electrons. The van der Waals surface area contributed by atoms with Crippen molar-refractivity contribution in [3.05, 3.63) is 23.2 Å². The first-order valence-electron chi connectivity index (χ1n) is 4.53. The van der Waals surface area contributed by atoms with Gasteiger partial charge >= 0.3 is 0 Å². The summed E-state index contributed by atoms with van der Waals surface area (Å²) in [4.78, 5) is 11.6. The van der Waals surface area contributed by atoms with Crippen molar-refractivity contribution in [2.45, 2.75) is 26.8 Å².